The van der Waals surface area contributed by atoms with E-state index in [1.165, 1.54) is 18.2 Å². The zero-order valence-electron chi connectivity index (χ0n) is 36.4. The number of nitrogens with zero attached hydrogens (tertiary/aromatic N) is 9. The summed E-state index contributed by atoms with van der Waals surface area (Å²) >= 11 is -0.278. The molecule has 0 unspecified atom stereocenters. The topological polar surface area (TPSA) is 180 Å². The van der Waals surface area contributed by atoms with Crippen LogP contribution in [0.1, 0.15) is 68.0 Å². The van der Waals surface area contributed by atoms with Crippen molar-refractivity contribution < 1.29 is 35.7 Å². The van der Waals surface area contributed by atoms with Gasteiger partial charge in [-0.05, 0) is 64.1 Å². The smallest absolute Gasteiger partial charge is 0.00413 e. The molecule has 4 aromatic carbocycles. The molecule has 0 heterocycles. The van der Waals surface area contributed by atoms with Crippen molar-refractivity contribution in [3.05, 3.63) is 123 Å². The average Bonchev–Trinajstić information content (AvgIpc) is 3.32. The maximum absolute atomic E-state index is 9.56. The summed E-state index contributed by atoms with van der Waals surface area (Å²) in [4.78, 5) is 6.52. The maximum Gasteiger partial charge on any atom is 0.00413 e. The van der Waals surface area contributed by atoms with Crippen LogP contribution in [0.5, 0.6) is 17.2 Å². The summed E-state index contributed by atoms with van der Waals surface area (Å²) in [7, 11) is 0. The van der Waals surface area contributed by atoms with Gasteiger partial charge < -0.3 is 9.80 Å². The van der Waals surface area contributed by atoms with E-state index in [0.717, 1.165) is 66.5 Å². The number of hydrogen-bond donors (Lipinski definition) is 0. The number of alkyl halides is 1. The van der Waals surface area contributed by atoms with E-state index in [-0.39, 0.29) is 58.0 Å². The standard InChI is InChI=1S/C50H49IN9O3/c1-7-58(8-2)45-15-12-42(21-39(27-52)28-53)48(24-45)61-33-36-18-37(34-62-49-25-46(59(9-3)10-4)16-13-43(49)22-40(29-54)30-55)20-38(19-36)35-63-50-26-47(60(11-5)51-6)17-14-44(50)23-41(31-56)32-57/h12-26H,7-11,33-35H2,1-6H3/q-1. The van der Waals surface area contributed by atoms with Gasteiger partial charge in [-0.1, -0.05) is 0 Å². The molecule has 0 aliphatic carbocycles. The second-order valence-corrected chi connectivity index (χ2v) is 15.9. The van der Waals surface area contributed by atoms with E-state index in [2.05, 4.69) is 52.5 Å². The van der Waals surface area contributed by atoms with Crippen molar-refractivity contribution in [1.29, 1.82) is 31.6 Å². The number of nitriles is 6. The zero-order chi connectivity index (χ0) is 45.7. The fraction of sp³-hybridized carbons (Fsp3) is 0.280. The quantitative estimate of drug-likeness (QED) is 0.0367. The van der Waals surface area contributed by atoms with Crippen molar-refractivity contribution in [3.8, 4) is 53.7 Å². The van der Waals surface area contributed by atoms with Crippen LogP contribution in [0, 0.1) is 68.0 Å². The molecule has 0 radical (unpaired) electrons. The molecule has 0 fully saturated rings. The Labute approximate surface area is 382 Å². The molecule has 0 saturated heterocycles. The van der Waals surface area contributed by atoms with Crippen molar-refractivity contribution in [2.45, 2.75) is 54.4 Å². The molecule has 0 aliphatic rings. The molecule has 0 spiro atoms. The third-order valence-corrected chi connectivity index (χ3v) is 12.3. The monoisotopic (exact) mass is 950 g/mol. The minimum absolute atomic E-state index is 0.0479. The van der Waals surface area contributed by atoms with Gasteiger partial charge in [0.25, 0.3) is 0 Å². The van der Waals surface area contributed by atoms with Crippen LogP contribution in [-0.2, 0) is 19.8 Å². The number of hydrogen-bond acceptors (Lipinski definition) is 12. The van der Waals surface area contributed by atoms with Gasteiger partial charge in [-0.15, -0.1) is 0 Å². The predicted octanol–water partition coefficient (Wildman–Crippen LogP) is 6.87. The Bertz CT molecular complexity index is 2260. The van der Waals surface area contributed by atoms with Gasteiger partial charge in [0.1, 0.15) is 35.4 Å². The fourth-order valence-electron chi connectivity index (χ4n) is 6.73. The van der Waals surface area contributed by atoms with Crippen LogP contribution in [0.4, 0.5) is 17.1 Å². The summed E-state index contributed by atoms with van der Waals surface area (Å²) in [6.07, 6.45) is 4.54. The van der Waals surface area contributed by atoms with Crippen LogP contribution in [-0.4, -0.2) is 37.7 Å². The molecule has 0 N–H and O–H groups in total. The first-order valence-corrected chi connectivity index (χ1v) is 23.5. The van der Waals surface area contributed by atoms with Crippen LogP contribution in [0.3, 0.4) is 0 Å². The number of allylic oxidation sites excluding steroid dienone is 3. The molecule has 0 aliphatic heterocycles. The van der Waals surface area contributed by atoms with Crippen molar-refractivity contribution in [2.24, 2.45) is 0 Å². The van der Waals surface area contributed by atoms with Gasteiger partial charge >= 0.3 is 193 Å². The Morgan fingerprint density at radius 2 is 0.762 bits per heavy atom. The minimum Gasteiger partial charge on any atom is 0.00413 e. The molecule has 4 aromatic rings. The first-order valence-electron chi connectivity index (χ1n) is 20.4. The Morgan fingerprint density at radius 3 is 1.03 bits per heavy atom. The number of benzene rings is 4. The van der Waals surface area contributed by atoms with Gasteiger partial charge in [0.2, 0.25) is 0 Å². The van der Waals surface area contributed by atoms with Crippen LogP contribution < -0.4 is 48.6 Å². The fourth-order valence-corrected chi connectivity index (χ4v) is 8.27. The summed E-state index contributed by atoms with van der Waals surface area (Å²) in [6.45, 7) is 14.6. The normalized spacial score (nSPS) is 9.97. The molecule has 13 heteroatoms. The summed E-state index contributed by atoms with van der Waals surface area (Å²) in [5.41, 5.74) is 6.80. The first-order chi connectivity index (χ1) is 30.6. The van der Waals surface area contributed by atoms with Gasteiger partial charge in [0.05, 0.1) is 0 Å². The molecule has 12 nitrogen and oxygen atoms in total. The third kappa shape index (κ3) is 13.3. The Hall–Kier alpha value is -7.43. The minimum atomic E-state index is -0.278. The summed E-state index contributed by atoms with van der Waals surface area (Å²) < 4.78 is 21.9. The number of ether oxygens (including phenoxy) is 3. The van der Waals surface area contributed by atoms with Crippen molar-refractivity contribution >= 4 is 35.3 Å². The maximum atomic E-state index is 9.56. The zero-order valence-corrected chi connectivity index (χ0v) is 38.6. The predicted molar refractivity (Wildman–Crippen MR) is 242 cm³/mol. The summed E-state index contributed by atoms with van der Waals surface area (Å²) in [5.74, 6) is 1.50. The Kier molecular flexibility index (Phi) is 18.9. The molecule has 0 atom stereocenters. The van der Waals surface area contributed by atoms with E-state index in [4.69, 9.17) is 14.2 Å². The van der Waals surface area contributed by atoms with Gasteiger partial charge in [-0.25, -0.2) is 0 Å². The van der Waals surface area contributed by atoms with E-state index < -0.39 is 0 Å². The molecular formula is C50H49IN9O3-. The Balaban J connectivity index is 1.83. The second kappa shape index (κ2) is 24.7. The largest absolute Gasteiger partial charge is 0.00413 e. The van der Waals surface area contributed by atoms with E-state index >= 15 is 0 Å². The number of rotatable bonds is 21. The molecular weight excluding hydrogens is 902 g/mol. The van der Waals surface area contributed by atoms with Crippen molar-refractivity contribution in [1.82, 2.24) is 0 Å². The third-order valence-electron chi connectivity index (χ3n) is 9.93. The van der Waals surface area contributed by atoms with Gasteiger partial charge in [0, 0.05) is 60.8 Å². The molecule has 320 valence electrons. The van der Waals surface area contributed by atoms with Crippen molar-refractivity contribution in [3.63, 3.8) is 0 Å². The molecule has 4 rings (SSSR count). The second-order valence-electron chi connectivity index (χ2n) is 13.7. The van der Waals surface area contributed by atoms with Gasteiger partial charge in [-0.3, -0.25) is 0 Å². The molecule has 0 saturated carbocycles. The van der Waals surface area contributed by atoms with E-state index in [1.54, 1.807) is 0 Å². The van der Waals surface area contributed by atoms with E-state index in [1.807, 2.05) is 109 Å². The van der Waals surface area contributed by atoms with Crippen molar-refractivity contribution in [2.75, 3.05) is 50.6 Å². The van der Waals surface area contributed by atoms with E-state index in [9.17, 15) is 31.6 Å². The average molecular weight is 951 g/mol. The van der Waals surface area contributed by atoms with Gasteiger partial charge in [0.15, 0.2) is 0 Å². The summed E-state index contributed by atoms with van der Waals surface area (Å²) in [5, 5.41) is 57.3. The Morgan fingerprint density at radius 1 is 0.460 bits per heavy atom. The molecule has 63 heavy (non-hydrogen) atoms. The van der Waals surface area contributed by atoms with Crippen LogP contribution >= 0.6 is 0 Å². The number of halogens is 1. The van der Waals surface area contributed by atoms with Crippen LogP contribution in [0.15, 0.2) is 89.5 Å². The molecule has 0 amide bonds. The first kappa shape index (κ1) is 48.2. The molecule has 0 bridgehead atoms. The van der Waals surface area contributed by atoms with E-state index in [0.29, 0.717) is 33.9 Å². The van der Waals surface area contributed by atoms with Crippen LogP contribution in [0.2, 0.25) is 0 Å². The van der Waals surface area contributed by atoms with Crippen LogP contribution in [0.25, 0.3) is 18.2 Å². The number of anilines is 3. The van der Waals surface area contributed by atoms with Gasteiger partial charge in [-0.2, -0.15) is 21.0 Å². The SMILES string of the molecule is CCN(CC)c1ccc(C=C(C#N)C#N)c(OCc2cc(COc3cc(N(CC)CC)ccc3C=C(C#N)C#N)cc(COc3cc(N(CC)[I-]C)ccc3C=C(C#N)C#N)c2)c1. The molecule has 0 aromatic heterocycles. The summed E-state index contributed by atoms with van der Waals surface area (Å²) in [6, 6.07) is 34.7.